The molecular weight excluding hydrogens is 430 g/mol. The summed E-state index contributed by atoms with van der Waals surface area (Å²) in [4.78, 5) is 27.0. The van der Waals surface area contributed by atoms with Crippen LogP contribution in [0.4, 0.5) is 5.69 Å². The van der Waals surface area contributed by atoms with Crippen LogP contribution in [0.5, 0.6) is 0 Å². The summed E-state index contributed by atoms with van der Waals surface area (Å²) in [6, 6.07) is 5.84. The lowest BCUT2D eigenvalue weighted by Crippen LogP contribution is -2.50. The third-order valence-corrected chi connectivity index (χ3v) is 8.22. The van der Waals surface area contributed by atoms with Crippen LogP contribution in [0.3, 0.4) is 0 Å². The van der Waals surface area contributed by atoms with E-state index >= 15 is 0 Å². The molecule has 0 saturated carbocycles. The first-order valence-electron chi connectivity index (χ1n) is 9.17. The van der Waals surface area contributed by atoms with Gasteiger partial charge < -0.3 is 4.90 Å². The van der Waals surface area contributed by atoms with E-state index in [9.17, 15) is 23.3 Å². The number of fused-ring (bicyclic) bond motifs is 1. The lowest BCUT2D eigenvalue weighted by Gasteiger charge is -2.33. The highest BCUT2D eigenvalue weighted by molar-refractivity contribution is 7.89. The number of nitro groups is 1. The summed E-state index contributed by atoms with van der Waals surface area (Å²) in [6.07, 6.45) is 0. The number of carbonyl (C=O) groups excluding carboxylic acids is 1. The van der Waals surface area contributed by atoms with Crippen molar-refractivity contribution in [1.29, 1.82) is 0 Å². The maximum atomic E-state index is 13.0. The summed E-state index contributed by atoms with van der Waals surface area (Å²) in [5.41, 5.74) is 0.484. The van der Waals surface area contributed by atoms with Crippen molar-refractivity contribution in [2.75, 3.05) is 26.2 Å². The van der Waals surface area contributed by atoms with Crippen LogP contribution in [-0.4, -0.2) is 64.8 Å². The topological polar surface area (TPSA) is 130 Å². The van der Waals surface area contributed by atoms with E-state index in [1.807, 2.05) is 6.92 Å². The summed E-state index contributed by atoms with van der Waals surface area (Å²) in [7, 11) is -3.62. The summed E-state index contributed by atoms with van der Waals surface area (Å²) in [5, 5.41) is 18.2. The fourth-order valence-electron chi connectivity index (χ4n) is 3.56. The molecule has 2 aromatic heterocycles. The number of aryl methyl sites for hydroxylation is 2. The number of piperazine rings is 1. The second kappa shape index (κ2) is 7.45. The van der Waals surface area contributed by atoms with Gasteiger partial charge in [0, 0.05) is 53.5 Å². The molecule has 1 N–H and O–H groups in total. The molecule has 10 nitrogen and oxygen atoms in total. The Morgan fingerprint density at radius 2 is 1.90 bits per heavy atom. The third kappa shape index (κ3) is 3.46. The smallest absolute Gasteiger partial charge is 0.275 e. The van der Waals surface area contributed by atoms with Crippen LogP contribution in [0, 0.1) is 24.0 Å². The second-order valence-corrected chi connectivity index (χ2v) is 10.4. The van der Waals surface area contributed by atoms with E-state index in [0.717, 1.165) is 9.75 Å². The molecule has 1 fully saturated rings. The van der Waals surface area contributed by atoms with Crippen molar-refractivity contribution >= 4 is 43.9 Å². The Labute approximate surface area is 176 Å². The third-order valence-electron chi connectivity index (χ3n) is 5.10. The van der Waals surface area contributed by atoms with E-state index in [4.69, 9.17) is 0 Å². The lowest BCUT2D eigenvalue weighted by molar-refractivity contribution is -0.384. The van der Waals surface area contributed by atoms with Gasteiger partial charge >= 0.3 is 0 Å². The largest absolute Gasteiger partial charge is 0.335 e. The number of rotatable bonds is 4. The van der Waals surface area contributed by atoms with Gasteiger partial charge in [-0.15, -0.1) is 11.3 Å². The van der Waals surface area contributed by atoms with Crippen LogP contribution >= 0.6 is 11.3 Å². The Morgan fingerprint density at radius 3 is 2.50 bits per heavy atom. The maximum absolute atomic E-state index is 13.0. The molecule has 1 aliphatic rings. The van der Waals surface area contributed by atoms with Crippen molar-refractivity contribution in [2.45, 2.75) is 18.7 Å². The number of amides is 1. The number of carbonyl (C=O) groups is 1. The average Bonchev–Trinajstić information content (AvgIpc) is 3.29. The van der Waals surface area contributed by atoms with Crippen LogP contribution in [0.15, 0.2) is 29.2 Å². The van der Waals surface area contributed by atoms with E-state index in [-0.39, 0.29) is 43.5 Å². The molecule has 0 spiro atoms. The average molecular weight is 450 g/mol. The predicted molar refractivity (Wildman–Crippen MR) is 111 cm³/mol. The Morgan fingerprint density at radius 1 is 1.20 bits per heavy atom. The predicted octanol–water partition coefficient (Wildman–Crippen LogP) is 2.30. The Balaban J connectivity index is 1.52. The van der Waals surface area contributed by atoms with Gasteiger partial charge in [0.15, 0.2) is 5.69 Å². The molecule has 0 atom stereocenters. The highest BCUT2D eigenvalue weighted by atomic mass is 32.2. The van der Waals surface area contributed by atoms with E-state index < -0.39 is 14.9 Å². The Kier molecular flexibility index (Phi) is 5.08. The number of non-ortho nitro benzene ring substituents is 1. The molecule has 0 aliphatic carbocycles. The molecule has 1 aliphatic heterocycles. The minimum absolute atomic E-state index is 0.0920. The molecule has 0 unspecified atom stereocenters. The minimum atomic E-state index is -3.62. The first-order chi connectivity index (χ1) is 14.2. The molecule has 30 heavy (non-hydrogen) atoms. The summed E-state index contributed by atoms with van der Waals surface area (Å²) < 4.78 is 27.3. The van der Waals surface area contributed by atoms with Gasteiger partial charge in [0.2, 0.25) is 10.0 Å². The molecule has 158 valence electrons. The summed E-state index contributed by atoms with van der Waals surface area (Å²) in [5.74, 6) is -0.388. The standard InChI is InChI=1S/C18H19N5O5S2/c1-11-9-16(12(2)29-11)30(27,28)22-7-5-21(6-8-22)18(24)17-14-10-13(23(25)26)3-4-15(14)19-20-17/h3-4,9-10H,5-8H2,1-2H3,(H,19,20). The number of H-pyrrole nitrogens is 1. The second-order valence-electron chi connectivity index (χ2n) is 7.03. The van der Waals surface area contributed by atoms with Crippen LogP contribution in [0.25, 0.3) is 10.9 Å². The number of benzene rings is 1. The SMILES string of the molecule is Cc1cc(S(=O)(=O)N2CCN(C(=O)c3n[nH]c4ccc([N+](=O)[O-])cc34)CC2)c(C)s1. The normalized spacial score (nSPS) is 15.6. The fraction of sp³-hybridized carbons (Fsp3) is 0.333. The van der Waals surface area contributed by atoms with E-state index in [1.54, 1.807) is 13.0 Å². The van der Waals surface area contributed by atoms with Crippen molar-refractivity contribution in [3.05, 3.63) is 49.8 Å². The number of nitrogens with zero attached hydrogens (tertiary/aromatic N) is 4. The van der Waals surface area contributed by atoms with Crippen LogP contribution in [0.2, 0.25) is 0 Å². The molecule has 0 bridgehead atoms. The minimum Gasteiger partial charge on any atom is -0.335 e. The molecule has 1 amide bonds. The first-order valence-corrected chi connectivity index (χ1v) is 11.4. The molecule has 12 heteroatoms. The number of nitro benzene ring substituents is 1. The molecule has 1 aromatic carbocycles. The van der Waals surface area contributed by atoms with E-state index in [1.165, 1.54) is 38.7 Å². The molecule has 4 rings (SSSR count). The summed E-state index contributed by atoms with van der Waals surface area (Å²) >= 11 is 1.44. The van der Waals surface area contributed by atoms with Gasteiger partial charge in [0.25, 0.3) is 11.6 Å². The highest BCUT2D eigenvalue weighted by Crippen LogP contribution is 2.29. The first kappa shape index (κ1) is 20.4. The molecule has 3 aromatic rings. The maximum Gasteiger partial charge on any atom is 0.275 e. The number of nitrogens with one attached hydrogen (secondary N) is 1. The number of hydrogen-bond donors (Lipinski definition) is 1. The monoisotopic (exact) mass is 449 g/mol. The fourth-order valence-corrected chi connectivity index (χ4v) is 6.51. The highest BCUT2D eigenvalue weighted by Gasteiger charge is 2.33. The molecule has 3 heterocycles. The van der Waals surface area contributed by atoms with E-state index in [2.05, 4.69) is 10.2 Å². The van der Waals surface area contributed by atoms with Gasteiger partial charge in [-0.1, -0.05) is 0 Å². The van der Waals surface area contributed by atoms with Crippen molar-refractivity contribution in [1.82, 2.24) is 19.4 Å². The Bertz CT molecular complexity index is 1260. The quantitative estimate of drug-likeness (QED) is 0.480. The molecular formula is C18H19N5O5S2. The van der Waals surface area contributed by atoms with Crippen LogP contribution in [-0.2, 0) is 10.0 Å². The van der Waals surface area contributed by atoms with Gasteiger partial charge in [-0.25, -0.2) is 8.42 Å². The van der Waals surface area contributed by atoms with Gasteiger partial charge in [-0.3, -0.25) is 20.0 Å². The van der Waals surface area contributed by atoms with Crippen molar-refractivity contribution in [2.24, 2.45) is 0 Å². The summed E-state index contributed by atoms with van der Waals surface area (Å²) in [6.45, 7) is 4.42. The zero-order valence-electron chi connectivity index (χ0n) is 16.3. The van der Waals surface area contributed by atoms with Gasteiger partial charge in [-0.2, -0.15) is 9.40 Å². The van der Waals surface area contributed by atoms with Crippen LogP contribution in [0.1, 0.15) is 20.2 Å². The van der Waals surface area contributed by atoms with E-state index in [0.29, 0.717) is 15.8 Å². The number of aromatic nitrogens is 2. The number of sulfonamides is 1. The van der Waals surface area contributed by atoms with Crippen molar-refractivity contribution in [3.63, 3.8) is 0 Å². The molecule has 0 radical (unpaired) electrons. The van der Waals surface area contributed by atoms with Gasteiger partial charge in [0.1, 0.15) is 0 Å². The van der Waals surface area contributed by atoms with Gasteiger partial charge in [0.05, 0.1) is 15.3 Å². The lowest BCUT2D eigenvalue weighted by atomic mass is 10.1. The molecule has 1 saturated heterocycles. The zero-order chi connectivity index (χ0) is 21.6. The van der Waals surface area contributed by atoms with Crippen LogP contribution < -0.4 is 0 Å². The number of thiophene rings is 1. The van der Waals surface area contributed by atoms with Crippen molar-refractivity contribution < 1.29 is 18.1 Å². The van der Waals surface area contributed by atoms with Gasteiger partial charge in [-0.05, 0) is 26.0 Å². The number of aromatic amines is 1. The Hall–Kier alpha value is -2.83. The number of hydrogen-bond acceptors (Lipinski definition) is 7. The van der Waals surface area contributed by atoms with Crippen molar-refractivity contribution in [3.8, 4) is 0 Å². The zero-order valence-corrected chi connectivity index (χ0v) is 17.9.